The highest BCUT2D eigenvalue weighted by atomic mass is 79.9. The van der Waals surface area contributed by atoms with E-state index in [1.807, 2.05) is 0 Å². The third-order valence-corrected chi connectivity index (χ3v) is 2.85. The smallest absolute Gasteiger partial charge is 0.416 e. The van der Waals surface area contributed by atoms with Crippen LogP contribution in [0.1, 0.15) is 18.1 Å². The highest BCUT2D eigenvalue weighted by Crippen LogP contribution is 2.32. The fourth-order valence-electron chi connectivity index (χ4n) is 1.45. The van der Waals surface area contributed by atoms with Crippen molar-refractivity contribution in [1.82, 2.24) is 0 Å². The minimum absolute atomic E-state index is 0.0789. The van der Waals surface area contributed by atoms with Crippen molar-refractivity contribution in [3.8, 4) is 5.75 Å². The summed E-state index contributed by atoms with van der Waals surface area (Å²) in [5.74, 6) is 0.120. The summed E-state index contributed by atoms with van der Waals surface area (Å²) >= 11 is 2.98. The Bertz CT molecular complexity index is 430. The van der Waals surface area contributed by atoms with Gasteiger partial charge in [-0.3, -0.25) is 4.79 Å². The van der Waals surface area contributed by atoms with Crippen LogP contribution in [-0.4, -0.2) is 17.7 Å². The molecule has 100 valence electrons. The monoisotopic (exact) mass is 324 g/mol. The molecule has 1 rings (SSSR count). The van der Waals surface area contributed by atoms with Gasteiger partial charge in [0.1, 0.15) is 11.5 Å². The maximum Gasteiger partial charge on any atom is 0.416 e. The molecule has 0 N–H and O–H groups in total. The van der Waals surface area contributed by atoms with Crippen LogP contribution in [0.15, 0.2) is 18.2 Å². The molecule has 0 fully saturated rings. The predicted molar refractivity (Wildman–Crippen MR) is 65.1 cm³/mol. The van der Waals surface area contributed by atoms with Gasteiger partial charge in [0.15, 0.2) is 0 Å². The number of rotatable bonds is 5. The van der Waals surface area contributed by atoms with E-state index in [1.165, 1.54) is 6.07 Å². The quantitative estimate of drug-likeness (QED) is 0.773. The Kier molecular flexibility index (Phi) is 5.19. The molecule has 0 unspecified atom stereocenters. The zero-order valence-corrected chi connectivity index (χ0v) is 11.3. The highest BCUT2D eigenvalue weighted by Gasteiger charge is 2.31. The molecule has 0 amide bonds. The first kappa shape index (κ1) is 15.0. The van der Waals surface area contributed by atoms with E-state index in [-0.39, 0.29) is 23.1 Å². The summed E-state index contributed by atoms with van der Waals surface area (Å²) in [6.45, 7) is 2.06. The van der Waals surface area contributed by atoms with E-state index in [4.69, 9.17) is 4.74 Å². The first-order valence-corrected chi connectivity index (χ1v) is 6.41. The fourth-order valence-corrected chi connectivity index (χ4v) is 1.65. The number of hydrogen-bond donors (Lipinski definition) is 0. The minimum atomic E-state index is -4.42. The molecule has 1 aromatic rings. The Labute approximate surface area is 111 Å². The average Bonchev–Trinajstić information content (AvgIpc) is 2.30. The molecule has 6 heteroatoms. The maximum atomic E-state index is 12.6. The molecule has 0 saturated carbocycles. The summed E-state index contributed by atoms with van der Waals surface area (Å²) in [5.41, 5.74) is -0.514. The third kappa shape index (κ3) is 4.01. The van der Waals surface area contributed by atoms with Crippen LogP contribution in [-0.2, 0) is 17.4 Å². The fraction of sp³-hybridized carbons (Fsp3) is 0.417. The van der Waals surface area contributed by atoms with E-state index in [9.17, 15) is 18.0 Å². The molecule has 0 radical (unpaired) electrons. The Morgan fingerprint density at radius 2 is 2.06 bits per heavy atom. The second-order valence-electron chi connectivity index (χ2n) is 3.60. The van der Waals surface area contributed by atoms with Crippen LogP contribution in [0.25, 0.3) is 0 Å². The van der Waals surface area contributed by atoms with Crippen LogP contribution in [0.3, 0.4) is 0 Å². The summed E-state index contributed by atoms with van der Waals surface area (Å²) in [7, 11) is 0. The lowest BCUT2D eigenvalue weighted by atomic mass is 10.0. The lowest BCUT2D eigenvalue weighted by molar-refractivity contribution is -0.137. The molecule has 0 bridgehead atoms. The van der Waals surface area contributed by atoms with Gasteiger partial charge in [0, 0.05) is 12.0 Å². The first-order valence-electron chi connectivity index (χ1n) is 5.29. The molecule has 1 aromatic carbocycles. The molecule has 18 heavy (non-hydrogen) atoms. The molecule has 0 aliphatic carbocycles. The number of Topliss-reactive ketones (excluding diaryl/α,β-unsaturated/α-hetero) is 1. The van der Waals surface area contributed by atoms with Crippen molar-refractivity contribution >= 4 is 21.7 Å². The second-order valence-corrected chi connectivity index (χ2v) is 4.16. The van der Waals surface area contributed by atoms with Crippen molar-refractivity contribution in [3.05, 3.63) is 29.3 Å². The summed E-state index contributed by atoms with van der Waals surface area (Å²) in [5, 5.41) is 0.106. The van der Waals surface area contributed by atoms with E-state index in [2.05, 4.69) is 15.9 Å². The Hall–Kier alpha value is -1.04. The normalized spacial score (nSPS) is 11.4. The lowest BCUT2D eigenvalue weighted by Crippen LogP contribution is -2.10. The van der Waals surface area contributed by atoms with Crippen LogP contribution >= 0.6 is 15.9 Å². The Morgan fingerprint density at radius 1 is 1.39 bits per heavy atom. The maximum absolute atomic E-state index is 12.6. The molecule has 0 aromatic heterocycles. The molecule has 2 nitrogen and oxygen atoms in total. The number of alkyl halides is 4. The predicted octanol–water partition coefficient (Wildman–Crippen LogP) is 3.61. The van der Waals surface area contributed by atoms with Crippen molar-refractivity contribution in [2.24, 2.45) is 0 Å². The standard InChI is InChI=1S/C12H12BrF3O2/c1-2-18-11-4-3-9(12(14,15)16)5-8(11)6-10(17)7-13/h3-5H,2,6-7H2,1H3. The van der Waals surface area contributed by atoms with Gasteiger partial charge in [-0.15, -0.1) is 0 Å². The van der Waals surface area contributed by atoms with Crippen LogP contribution < -0.4 is 4.74 Å². The van der Waals surface area contributed by atoms with Gasteiger partial charge >= 0.3 is 6.18 Å². The van der Waals surface area contributed by atoms with E-state index in [1.54, 1.807) is 6.92 Å². The SMILES string of the molecule is CCOc1ccc(C(F)(F)F)cc1CC(=O)CBr. The van der Waals surface area contributed by atoms with Gasteiger partial charge < -0.3 is 4.74 Å². The first-order chi connectivity index (χ1) is 8.38. The summed E-state index contributed by atoms with van der Waals surface area (Å²) in [6, 6.07) is 3.17. The van der Waals surface area contributed by atoms with E-state index < -0.39 is 11.7 Å². The number of ketones is 1. The lowest BCUT2D eigenvalue weighted by Gasteiger charge is -2.13. The van der Waals surface area contributed by atoms with Crippen molar-refractivity contribution < 1.29 is 22.7 Å². The number of hydrogen-bond acceptors (Lipinski definition) is 2. The van der Waals surface area contributed by atoms with Gasteiger partial charge in [-0.25, -0.2) is 0 Å². The molecule has 0 aliphatic heterocycles. The Morgan fingerprint density at radius 3 is 2.56 bits per heavy atom. The summed E-state index contributed by atoms with van der Waals surface area (Å²) in [6.07, 6.45) is -4.50. The van der Waals surface area contributed by atoms with Crippen molar-refractivity contribution in [3.63, 3.8) is 0 Å². The van der Waals surface area contributed by atoms with E-state index in [0.29, 0.717) is 12.4 Å². The molecule has 0 saturated heterocycles. The van der Waals surface area contributed by atoms with Crippen molar-refractivity contribution in [1.29, 1.82) is 0 Å². The van der Waals surface area contributed by atoms with Gasteiger partial charge in [0.2, 0.25) is 0 Å². The van der Waals surface area contributed by atoms with E-state index >= 15 is 0 Å². The van der Waals surface area contributed by atoms with Crippen LogP contribution in [0.5, 0.6) is 5.75 Å². The number of benzene rings is 1. The Balaban J connectivity index is 3.11. The number of carbonyl (C=O) groups is 1. The van der Waals surface area contributed by atoms with Crippen LogP contribution in [0, 0.1) is 0 Å². The van der Waals surface area contributed by atoms with Gasteiger partial charge in [-0.2, -0.15) is 13.2 Å². The zero-order chi connectivity index (χ0) is 13.8. The minimum Gasteiger partial charge on any atom is -0.494 e. The largest absolute Gasteiger partial charge is 0.494 e. The number of halogens is 4. The molecular formula is C12H12BrF3O2. The van der Waals surface area contributed by atoms with Crippen LogP contribution in [0.2, 0.25) is 0 Å². The van der Waals surface area contributed by atoms with E-state index in [0.717, 1.165) is 12.1 Å². The molecule has 0 spiro atoms. The summed E-state index contributed by atoms with van der Waals surface area (Å²) in [4.78, 5) is 11.3. The van der Waals surface area contributed by atoms with Gasteiger partial charge in [-0.1, -0.05) is 15.9 Å². The molecule has 0 heterocycles. The summed E-state index contributed by atoms with van der Waals surface area (Å²) < 4.78 is 42.9. The van der Waals surface area contributed by atoms with Crippen molar-refractivity contribution in [2.75, 3.05) is 11.9 Å². The van der Waals surface area contributed by atoms with Gasteiger partial charge in [0.25, 0.3) is 0 Å². The van der Waals surface area contributed by atoms with Crippen molar-refractivity contribution in [2.45, 2.75) is 19.5 Å². The highest BCUT2D eigenvalue weighted by molar-refractivity contribution is 9.09. The average molecular weight is 325 g/mol. The number of carbonyl (C=O) groups excluding carboxylic acids is 1. The van der Waals surface area contributed by atoms with Gasteiger partial charge in [-0.05, 0) is 25.1 Å². The molecule has 0 atom stereocenters. The molecular weight excluding hydrogens is 313 g/mol. The third-order valence-electron chi connectivity index (χ3n) is 2.22. The number of ether oxygens (including phenoxy) is 1. The molecule has 0 aliphatic rings. The zero-order valence-electron chi connectivity index (χ0n) is 9.68. The van der Waals surface area contributed by atoms with Crippen LogP contribution in [0.4, 0.5) is 13.2 Å². The second kappa shape index (κ2) is 6.22. The van der Waals surface area contributed by atoms with Gasteiger partial charge in [0.05, 0.1) is 17.5 Å². The topological polar surface area (TPSA) is 26.3 Å².